The van der Waals surface area contributed by atoms with Crippen molar-refractivity contribution in [2.45, 2.75) is 379 Å². The molecule has 0 heterocycles. The predicted octanol–water partition coefficient (Wildman–Crippen LogP) is 31.6. The first-order chi connectivity index (χ1) is 45.9. The summed E-state index contributed by atoms with van der Waals surface area (Å²) in [7, 11) is 0. The summed E-state index contributed by atoms with van der Waals surface area (Å²) in [6.07, 6.45) is 102. The normalized spacial score (nSPS) is 11.7. The molecule has 0 saturated heterocycles. The molecule has 100 heavy (non-hydrogen) atoms. The highest BCUT2D eigenvalue weighted by Crippen LogP contribution is 2.14. The maximum absolute atomic E-state index is 11.5. The van der Waals surface area contributed by atoms with Crippen molar-refractivity contribution in [2.24, 2.45) is 29.6 Å². The topological polar surface area (TPSA) is 85.3 Å². The summed E-state index contributed by atoms with van der Waals surface area (Å²) < 4.78 is 0. The monoisotopic (exact) mass is 1390 g/mol. The van der Waals surface area contributed by atoms with Crippen LogP contribution in [0.2, 0.25) is 0 Å². The van der Waals surface area contributed by atoms with E-state index in [1.54, 1.807) is 0 Å². The lowest BCUT2D eigenvalue weighted by Crippen LogP contribution is -2.05. The number of rotatable bonds is 56. The largest absolute Gasteiger partial charge is 0.299 e. The number of carbonyl (C=O) groups excluding carboxylic acids is 5. The second-order valence-electron chi connectivity index (χ2n) is 26.2. The number of hydrogen-bond acceptors (Lipinski definition) is 5. The number of allylic oxidation sites excluding steroid dienone is 28. The Kier molecular flexibility index (Phi) is 116. The van der Waals surface area contributed by atoms with E-state index in [1.165, 1.54) is 83.5 Å². The average Bonchev–Trinajstić information content (AvgIpc) is 2.97. The van der Waals surface area contributed by atoms with Crippen molar-refractivity contribution < 1.29 is 24.0 Å². The van der Waals surface area contributed by atoms with Gasteiger partial charge in [-0.1, -0.05) is 382 Å². The molecule has 0 bridgehead atoms. The Labute approximate surface area is 627 Å². The lowest BCUT2D eigenvalue weighted by Gasteiger charge is -2.04. The van der Waals surface area contributed by atoms with Gasteiger partial charge in [-0.2, -0.15) is 0 Å². The molecule has 5 nitrogen and oxygen atoms in total. The molecule has 0 N–H and O–H groups in total. The molecule has 0 aromatic rings. The zero-order chi connectivity index (χ0) is 71.7. The minimum atomic E-state index is 0. The second kappa shape index (κ2) is 100. The van der Waals surface area contributed by atoms with Crippen molar-refractivity contribution in [3.63, 3.8) is 0 Å². The molecular formula is C95H172O5. The second-order valence-corrected chi connectivity index (χ2v) is 26.2. The quantitative estimate of drug-likeness (QED) is 0.0447. The minimum Gasteiger partial charge on any atom is -0.299 e. The van der Waals surface area contributed by atoms with E-state index in [0.717, 1.165) is 135 Å². The molecule has 0 aliphatic carbocycles. The fourth-order valence-electron chi connectivity index (χ4n) is 8.72. The van der Waals surface area contributed by atoms with E-state index in [9.17, 15) is 24.0 Å². The maximum Gasteiger partial charge on any atom is 0.135 e. The third-order valence-corrected chi connectivity index (χ3v) is 15.3. The summed E-state index contributed by atoms with van der Waals surface area (Å²) in [6, 6.07) is 0. The standard InChI is InChI=1S/C25H38O.C23H36O.C21H36O.C15H30O.C6H12O.5CH4/c1-4-5-6-7-8-9-10-11-12-13-14-15-16-17-18-19-20-21-22-23-25(26)24(2)3;1-4-5-6-7-8-9-10-11-12-13-14-15-16-17-18-19-20-21-23(24)22(2)3;1-4-5-6-7-8-9-10-11-12-13-14-15-16-17-18-19-21(22)20(2)3;1-4-5-6-7-8-9-10-11-12-13-15(16)14(2)3;1-4-6(7)5(2)3;;;;;/h5-6,8-9,11-12,14-15,17-18,20-21,24H,4,7,10,13,16,19,22-23H2,1-3H3;5-6,8-9,11-12,14-15,17-18,22H,4,7,10,13,16,19-21H2,1-3H3;5-6,8-9,11-12,20H,4,7,10,13-19H2,1-3H3;14H,4-13H2,1-3H3;5H,4H2,1-3H3;5*1H4/b6-5-,9-8-,12-11-,15-14-,18-17-,21-20-;6-5-,9-8-,12-11-,15-14-,18-17-;6-5-,9-8-,12-11-;;;;;;;. The van der Waals surface area contributed by atoms with Crippen molar-refractivity contribution in [1.82, 2.24) is 0 Å². The molecule has 0 unspecified atom stereocenters. The third kappa shape index (κ3) is 109. The van der Waals surface area contributed by atoms with Crippen LogP contribution >= 0.6 is 0 Å². The van der Waals surface area contributed by atoms with E-state index in [-0.39, 0.29) is 66.7 Å². The van der Waals surface area contributed by atoms with Gasteiger partial charge < -0.3 is 0 Å². The molecule has 5 heteroatoms. The summed E-state index contributed by atoms with van der Waals surface area (Å²) in [5.41, 5.74) is 0. The number of unbranched alkanes of at least 4 members (excludes halogenated alkanes) is 14. The summed E-state index contributed by atoms with van der Waals surface area (Å²) in [5.74, 6) is 2.93. The Balaban J connectivity index is -0.000000130. The molecule has 0 aliphatic heterocycles. The number of ketones is 5. The molecular weight excluding hydrogens is 1220 g/mol. The van der Waals surface area contributed by atoms with Crippen LogP contribution in [0.3, 0.4) is 0 Å². The van der Waals surface area contributed by atoms with Gasteiger partial charge in [-0.3, -0.25) is 24.0 Å². The zero-order valence-corrected chi connectivity index (χ0v) is 64.8. The molecule has 0 aliphatic rings. The van der Waals surface area contributed by atoms with Crippen molar-refractivity contribution in [3.05, 3.63) is 170 Å². The highest BCUT2D eigenvalue weighted by molar-refractivity contribution is 5.81. The van der Waals surface area contributed by atoms with E-state index < -0.39 is 0 Å². The zero-order valence-electron chi connectivity index (χ0n) is 64.8. The lowest BCUT2D eigenvalue weighted by atomic mass is 10.0. The third-order valence-electron chi connectivity index (χ3n) is 15.3. The first-order valence-corrected chi connectivity index (χ1v) is 38.6. The SMILES string of the molecule is C.C.C.C.C.CC/C=C\C/C=C\C/C=C\C/C=C\C/C=C\C/C=C\CCC(=O)C(C)C.CC/C=C\C/C=C\C/C=C\C/C=C\C/C=C\CCCC(=O)C(C)C.CC/C=C\C/C=C\C/C=C\CCCCCCCC(=O)C(C)C.CCC(=O)C(C)C.CCCCCCCCCCCC(=O)C(C)C. The molecule has 0 rings (SSSR count). The molecule has 0 radical (unpaired) electrons. The van der Waals surface area contributed by atoms with Crippen molar-refractivity contribution >= 4 is 28.9 Å². The fraction of sp³-hybridized carbons (Fsp3) is 0.653. The first-order valence-electron chi connectivity index (χ1n) is 38.6. The van der Waals surface area contributed by atoms with Crippen LogP contribution < -0.4 is 0 Å². The summed E-state index contributed by atoms with van der Waals surface area (Å²) in [6.45, 7) is 30.3. The van der Waals surface area contributed by atoms with Gasteiger partial charge in [-0.25, -0.2) is 0 Å². The molecule has 582 valence electrons. The molecule has 0 spiro atoms. The highest BCUT2D eigenvalue weighted by atomic mass is 16.1. The van der Waals surface area contributed by atoms with Gasteiger partial charge in [0.1, 0.15) is 28.9 Å². The summed E-state index contributed by atoms with van der Waals surface area (Å²) in [5, 5.41) is 0. The van der Waals surface area contributed by atoms with Gasteiger partial charge in [0.05, 0.1) is 0 Å². The van der Waals surface area contributed by atoms with Crippen LogP contribution in [0.25, 0.3) is 0 Å². The molecule has 0 aromatic carbocycles. The van der Waals surface area contributed by atoms with Crippen molar-refractivity contribution in [3.8, 4) is 0 Å². The van der Waals surface area contributed by atoms with Crippen LogP contribution in [0.1, 0.15) is 379 Å². The van der Waals surface area contributed by atoms with E-state index in [2.05, 4.69) is 198 Å². The molecule has 0 saturated carbocycles. The van der Waals surface area contributed by atoms with Gasteiger partial charge >= 0.3 is 0 Å². The average molecular weight is 1390 g/mol. The van der Waals surface area contributed by atoms with Gasteiger partial charge in [-0.15, -0.1) is 0 Å². The first kappa shape index (κ1) is 116. The van der Waals surface area contributed by atoms with Crippen LogP contribution in [0.4, 0.5) is 0 Å². The van der Waals surface area contributed by atoms with Gasteiger partial charge in [0.25, 0.3) is 0 Å². The van der Waals surface area contributed by atoms with Crippen LogP contribution in [0.15, 0.2) is 170 Å². The molecule has 0 aromatic heterocycles. The van der Waals surface area contributed by atoms with Crippen molar-refractivity contribution in [1.29, 1.82) is 0 Å². The Morgan fingerprint density at radius 2 is 0.390 bits per heavy atom. The van der Waals surface area contributed by atoms with E-state index in [0.29, 0.717) is 48.2 Å². The smallest absolute Gasteiger partial charge is 0.135 e. The Hall–Kier alpha value is -5.29. The minimum absolute atomic E-state index is 0. The van der Waals surface area contributed by atoms with Gasteiger partial charge in [0.15, 0.2) is 0 Å². The number of carbonyl (C=O) groups is 5. The van der Waals surface area contributed by atoms with Gasteiger partial charge in [0, 0.05) is 61.7 Å². The predicted molar refractivity (Wildman–Crippen MR) is 460 cm³/mol. The van der Waals surface area contributed by atoms with Crippen LogP contribution in [0.5, 0.6) is 0 Å². The highest BCUT2D eigenvalue weighted by Gasteiger charge is 2.08. The number of hydrogen-bond donors (Lipinski definition) is 0. The Morgan fingerprint density at radius 3 is 0.620 bits per heavy atom. The summed E-state index contributed by atoms with van der Waals surface area (Å²) >= 11 is 0. The number of Topliss-reactive ketones (excluding diaryl/α,β-unsaturated/α-hetero) is 5. The Bertz CT molecular complexity index is 2150. The van der Waals surface area contributed by atoms with Crippen LogP contribution in [0, 0.1) is 29.6 Å². The maximum atomic E-state index is 11.5. The van der Waals surface area contributed by atoms with E-state index in [1.807, 2.05) is 76.2 Å². The van der Waals surface area contributed by atoms with Gasteiger partial charge in [-0.05, 0) is 135 Å². The molecule has 0 fully saturated rings. The lowest BCUT2D eigenvalue weighted by molar-refractivity contribution is -0.122. The van der Waals surface area contributed by atoms with Gasteiger partial charge in [0.2, 0.25) is 0 Å². The molecule has 0 amide bonds. The molecule has 0 atom stereocenters. The fourth-order valence-corrected chi connectivity index (χ4v) is 8.72. The Morgan fingerprint density at radius 1 is 0.200 bits per heavy atom. The summed E-state index contributed by atoms with van der Waals surface area (Å²) in [4.78, 5) is 56.2. The van der Waals surface area contributed by atoms with Crippen LogP contribution in [-0.2, 0) is 24.0 Å². The van der Waals surface area contributed by atoms with Crippen molar-refractivity contribution in [2.75, 3.05) is 0 Å². The van der Waals surface area contributed by atoms with E-state index >= 15 is 0 Å². The van der Waals surface area contributed by atoms with E-state index in [4.69, 9.17) is 0 Å². The van der Waals surface area contributed by atoms with Crippen LogP contribution in [-0.4, -0.2) is 28.9 Å².